The Morgan fingerprint density at radius 2 is 1.86 bits per heavy atom. The number of thioether (sulfide) groups is 2. The number of methoxy groups -OCH3 is 1. The molecule has 0 saturated heterocycles. The van der Waals surface area contributed by atoms with E-state index in [1.54, 1.807) is 43.1 Å². The Hall–Kier alpha value is -2.98. The number of amides is 2. The van der Waals surface area contributed by atoms with Crippen LogP contribution in [0.3, 0.4) is 0 Å². The lowest BCUT2D eigenvalue weighted by Gasteiger charge is -2.19. The van der Waals surface area contributed by atoms with Crippen molar-refractivity contribution in [2.24, 2.45) is 0 Å². The van der Waals surface area contributed by atoms with Gasteiger partial charge in [0.05, 0.1) is 18.9 Å². The van der Waals surface area contributed by atoms with E-state index in [0.29, 0.717) is 35.3 Å². The number of carbonyl (C=O) groups is 2. The van der Waals surface area contributed by atoms with Crippen LogP contribution in [-0.2, 0) is 11.3 Å². The molecule has 192 valence electrons. The van der Waals surface area contributed by atoms with Crippen LogP contribution in [-0.4, -0.2) is 51.5 Å². The van der Waals surface area contributed by atoms with Crippen LogP contribution >= 0.6 is 23.5 Å². The lowest BCUT2D eigenvalue weighted by Crippen LogP contribution is -2.31. The molecule has 8 nitrogen and oxygen atoms in total. The molecule has 2 amide bonds. The van der Waals surface area contributed by atoms with Gasteiger partial charge in [0.1, 0.15) is 5.75 Å². The smallest absolute Gasteiger partial charge is 0.251 e. The van der Waals surface area contributed by atoms with Crippen LogP contribution in [0.2, 0.25) is 0 Å². The summed E-state index contributed by atoms with van der Waals surface area (Å²) in [5, 5.41) is 15.5. The first-order chi connectivity index (χ1) is 17.4. The zero-order chi connectivity index (χ0) is 26.1. The average Bonchev–Trinajstić information content (AvgIpc) is 3.30. The van der Waals surface area contributed by atoms with Gasteiger partial charge in [0.25, 0.3) is 5.91 Å². The van der Waals surface area contributed by atoms with Crippen molar-refractivity contribution in [3.05, 3.63) is 65.0 Å². The van der Waals surface area contributed by atoms with Gasteiger partial charge in [0.15, 0.2) is 11.0 Å². The van der Waals surface area contributed by atoms with Gasteiger partial charge in [-0.3, -0.25) is 9.59 Å². The fraction of sp³-hybridized carbons (Fsp3) is 0.385. The highest BCUT2D eigenvalue weighted by Gasteiger charge is 2.23. The van der Waals surface area contributed by atoms with Crippen LogP contribution in [0.15, 0.2) is 47.6 Å². The average molecular weight is 528 g/mol. The molecule has 0 fully saturated rings. The largest absolute Gasteiger partial charge is 0.497 e. The highest BCUT2D eigenvalue weighted by Crippen LogP contribution is 2.25. The van der Waals surface area contributed by atoms with Gasteiger partial charge in [-0.25, -0.2) is 0 Å². The molecule has 0 radical (unpaired) electrons. The van der Waals surface area contributed by atoms with E-state index in [9.17, 15) is 9.59 Å². The minimum atomic E-state index is -0.308. The summed E-state index contributed by atoms with van der Waals surface area (Å²) in [6.07, 6.45) is 2.74. The number of aromatic nitrogens is 3. The standard InChI is InChI=1S/C26H33N5O3S2/c1-6-31-24(21(13-14-35-5)28-25(33)19-9-11-20(34-4)12-10-19)29-30-26(31)36-16-23(32)27-22-15-17(2)7-8-18(22)3/h7-12,15,21H,6,13-14,16H2,1-5H3,(H,27,32)(H,28,33)/t21-/m1/s1. The molecule has 3 rings (SSSR count). The Bertz CT molecular complexity index is 1180. The van der Waals surface area contributed by atoms with Gasteiger partial charge in [-0.2, -0.15) is 11.8 Å². The van der Waals surface area contributed by atoms with Crippen LogP contribution in [0.1, 0.15) is 46.7 Å². The maximum absolute atomic E-state index is 13.0. The fourth-order valence-corrected chi connectivity index (χ4v) is 4.91. The third-order valence-corrected chi connectivity index (χ3v) is 7.25. The Morgan fingerprint density at radius 1 is 1.11 bits per heavy atom. The number of carbonyl (C=O) groups excluding carboxylic acids is 2. The molecule has 0 aliphatic carbocycles. The summed E-state index contributed by atoms with van der Waals surface area (Å²) in [4.78, 5) is 25.6. The zero-order valence-electron chi connectivity index (χ0n) is 21.3. The first-order valence-electron chi connectivity index (χ1n) is 11.7. The molecule has 10 heteroatoms. The second kappa shape index (κ2) is 13.4. The second-order valence-corrected chi connectivity index (χ2v) is 10.2. The Balaban J connectivity index is 1.71. The molecule has 36 heavy (non-hydrogen) atoms. The van der Waals surface area contributed by atoms with Crippen molar-refractivity contribution in [2.45, 2.75) is 44.9 Å². The summed E-state index contributed by atoms with van der Waals surface area (Å²) in [6, 6.07) is 12.7. The van der Waals surface area contributed by atoms with Crippen molar-refractivity contribution < 1.29 is 14.3 Å². The highest BCUT2D eigenvalue weighted by atomic mass is 32.2. The van der Waals surface area contributed by atoms with Gasteiger partial charge in [0, 0.05) is 17.8 Å². The number of hydrogen-bond acceptors (Lipinski definition) is 7. The van der Waals surface area contributed by atoms with Gasteiger partial charge in [-0.1, -0.05) is 23.9 Å². The summed E-state index contributed by atoms with van der Waals surface area (Å²) in [6.45, 7) is 6.59. The summed E-state index contributed by atoms with van der Waals surface area (Å²) >= 11 is 3.04. The van der Waals surface area contributed by atoms with Gasteiger partial charge < -0.3 is 19.9 Å². The van der Waals surface area contributed by atoms with E-state index in [1.165, 1.54) is 11.8 Å². The van der Waals surface area contributed by atoms with Gasteiger partial charge >= 0.3 is 0 Å². The number of nitrogens with zero attached hydrogens (tertiary/aromatic N) is 3. The topological polar surface area (TPSA) is 98.1 Å². The van der Waals surface area contributed by atoms with Crippen LogP contribution in [0.5, 0.6) is 5.75 Å². The highest BCUT2D eigenvalue weighted by molar-refractivity contribution is 7.99. The minimum absolute atomic E-state index is 0.104. The minimum Gasteiger partial charge on any atom is -0.497 e. The Labute approximate surface area is 221 Å². The van der Waals surface area contributed by atoms with Gasteiger partial charge in [-0.05, 0) is 80.7 Å². The Morgan fingerprint density at radius 3 is 2.53 bits per heavy atom. The van der Waals surface area contributed by atoms with E-state index in [2.05, 4.69) is 20.8 Å². The van der Waals surface area contributed by atoms with Crippen LogP contribution < -0.4 is 15.4 Å². The predicted octanol–water partition coefficient (Wildman–Crippen LogP) is 4.88. The number of hydrogen-bond donors (Lipinski definition) is 2. The zero-order valence-corrected chi connectivity index (χ0v) is 23.0. The quantitative estimate of drug-likeness (QED) is 0.324. The molecule has 0 aliphatic rings. The third kappa shape index (κ3) is 7.27. The Kier molecular flexibility index (Phi) is 10.2. The molecule has 0 unspecified atom stereocenters. The summed E-state index contributed by atoms with van der Waals surface area (Å²) in [7, 11) is 1.59. The van der Waals surface area contributed by atoms with E-state index in [1.807, 2.05) is 49.8 Å². The first kappa shape index (κ1) is 27.6. The third-order valence-electron chi connectivity index (χ3n) is 5.64. The number of rotatable bonds is 12. The molecule has 1 atom stereocenters. The van der Waals surface area contributed by atoms with Crippen molar-refractivity contribution in [2.75, 3.05) is 30.2 Å². The molecule has 1 aromatic heterocycles. The number of ether oxygens (including phenoxy) is 1. The molecule has 0 bridgehead atoms. The SMILES string of the molecule is CCn1c(SCC(=O)Nc2cc(C)ccc2C)nnc1[C@@H](CCSC)NC(=O)c1ccc(OC)cc1. The van der Waals surface area contributed by atoms with Crippen LogP contribution in [0.4, 0.5) is 5.69 Å². The monoisotopic (exact) mass is 527 g/mol. The summed E-state index contributed by atoms with van der Waals surface area (Å²) in [5.74, 6) is 2.15. The normalized spacial score (nSPS) is 11.7. The predicted molar refractivity (Wildman–Crippen MR) is 147 cm³/mol. The van der Waals surface area contributed by atoms with E-state index in [4.69, 9.17) is 4.74 Å². The molecule has 2 aromatic carbocycles. The fourth-order valence-electron chi connectivity index (χ4n) is 3.63. The molecule has 2 N–H and O–H groups in total. The lowest BCUT2D eigenvalue weighted by atomic mass is 10.1. The van der Waals surface area contributed by atoms with Crippen molar-refractivity contribution in [3.8, 4) is 5.75 Å². The van der Waals surface area contributed by atoms with Gasteiger partial charge in [0.2, 0.25) is 5.91 Å². The van der Waals surface area contributed by atoms with Crippen molar-refractivity contribution in [3.63, 3.8) is 0 Å². The number of anilines is 1. The first-order valence-corrected chi connectivity index (χ1v) is 14.1. The second-order valence-electron chi connectivity index (χ2n) is 8.28. The van der Waals surface area contributed by atoms with Gasteiger partial charge in [-0.15, -0.1) is 10.2 Å². The number of aryl methyl sites for hydroxylation is 2. The molecule has 0 aliphatic heterocycles. The van der Waals surface area contributed by atoms with E-state index in [0.717, 1.165) is 22.6 Å². The molecule has 3 aromatic rings. The van der Waals surface area contributed by atoms with E-state index >= 15 is 0 Å². The molecule has 0 saturated carbocycles. The maximum Gasteiger partial charge on any atom is 0.251 e. The van der Waals surface area contributed by atoms with Crippen molar-refractivity contribution in [1.82, 2.24) is 20.1 Å². The van der Waals surface area contributed by atoms with E-state index in [-0.39, 0.29) is 23.6 Å². The molecule has 1 heterocycles. The van der Waals surface area contributed by atoms with Crippen LogP contribution in [0.25, 0.3) is 0 Å². The lowest BCUT2D eigenvalue weighted by molar-refractivity contribution is -0.113. The number of benzene rings is 2. The van der Waals surface area contributed by atoms with Crippen molar-refractivity contribution >= 4 is 41.0 Å². The molecule has 0 spiro atoms. The summed E-state index contributed by atoms with van der Waals surface area (Å²) < 4.78 is 7.15. The summed E-state index contributed by atoms with van der Waals surface area (Å²) in [5.41, 5.74) is 3.47. The number of nitrogens with one attached hydrogen (secondary N) is 2. The molecular formula is C26H33N5O3S2. The van der Waals surface area contributed by atoms with E-state index < -0.39 is 0 Å². The molecular weight excluding hydrogens is 494 g/mol. The van der Waals surface area contributed by atoms with Crippen molar-refractivity contribution in [1.29, 1.82) is 0 Å². The maximum atomic E-state index is 13.0. The van der Waals surface area contributed by atoms with Crippen LogP contribution in [0, 0.1) is 13.8 Å².